The summed E-state index contributed by atoms with van der Waals surface area (Å²) in [5.74, 6) is 1.16. The van der Waals surface area contributed by atoms with E-state index in [1.54, 1.807) is 0 Å². The summed E-state index contributed by atoms with van der Waals surface area (Å²) in [6.45, 7) is 4.58. The molecule has 24 heavy (non-hydrogen) atoms. The van der Waals surface area contributed by atoms with Gasteiger partial charge in [-0.2, -0.15) is 0 Å². The van der Waals surface area contributed by atoms with Crippen LogP contribution in [0.25, 0.3) is 0 Å². The minimum atomic E-state index is 0.365. The van der Waals surface area contributed by atoms with E-state index < -0.39 is 0 Å². The first-order chi connectivity index (χ1) is 11.7. The monoisotopic (exact) mass is 329 g/mol. The van der Waals surface area contributed by atoms with Crippen LogP contribution >= 0.6 is 0 Å². The van der Waals surface area contributed by atoms with Crippen molar-refractivity contribution in [3.8, 4) is 0 Å². The first-order valence-electron chi connectivity index (χ1n) is 9.55. The molecule has 0 unspecified atom stereocenters. The lowest BCUT2D eigenvalue weighted by Crippen LogP contribution is -2.48. The van der Waals surface area contributed by atoms with Crippen molar-refractivity contribution >= 4 is 11.6 Å². The van der Waals surface area contributed by atoms with Crippen LogP contribution in [0.4, 0.5) is 5.69 Å². The Hall–Kier alpha value is -1.55. The number of nitrogens with zero attached hydrogens (tertiary/aromatic N) is 2. The van der Waals surface area contributed by atoms with E-state index in [0.717, 1.165) is 57.2 Å². The molecule has 0 spiro atoms. The Labute approximate surface area is 146 Å². The minimum absolute atomic E-state index is 0.365. The third kappa shape index (κ3) is 4.97. The van der Waals surface area contributed by atoms with Crippen LogP contribution in [-0.4, -0.2) is 41.9 Å². The van der Waals surface area contributed by atoms with Crippen LogP contribution in [0.2, 0.25) is 0 Å². The average Bonchev–Trinajstić information content (AvgIpc) is 2.61. The topological polar surface area (TPSA) is 49.6 Å². The number of carbonyl (C=O) groups is 1. The number of carbonyl (C=O) groups excluding carboxylic acids is 1. The highest BCUT2D eigenvalue weighted by Gasteiger charge is 2.22. The zero-order valence-corrected chi connectivity index (χ0v) is 14.8. The van der Waals surface area contributed by atoms with Gasteiger partial charge >= 0.3 is 0 Å². The summed E-state index contributed by atoms with van der Waals surface area (Å²) in [6.07, 6.45) is 8.63. The van der Waals surface area contributed by atoms with Crippen molar-refractivity contribution in [3.63, 3.8) is 0 Å². The third-order valence-electron chi connectivity index (χ3n) is 5.57. The molecule has 1 aromatic rings. The molecule has 1 saturated heterocycles. The first kappa shape index (κ1) is 17.3. The van der Waals surface area contributed by atoms with Crippen LogP contribution in [0, 0.1) is 5.92 Å². The van der Waals surface area contributed by atoms with Crippen molar-refractivity contribution in [2.45, 2.75) is 51.5 Å². The number of anilines is 1. The molecule has 2 aliphatic rings. The highest BCUT2D eigenvalue weighted by molar-refractivity contribution is 5.76. The van der Waals surface area contributed by atoms with Gasteiger partial charge in [-0.25, -0.2) is 0 Å². The van der Waals surface area contributed by atoms with Crippen molar-refractivity contribution in [1.29, 1.82) is 0 Å². The Morgan fingerprint density at radius 2 is 1.83 bits per heavy atom. The van der Waals surface area contributed by atoms with Gasteiger partial charge in [0.2, 0.25) is 5.91 Å². The maximum atomic E-state index is 12.4. The number of nitrogens with two attached hydrogens (primary N) is 1. The van der Waals surface area contributed by atoms with Crippen LogP contribution < -0.4 is 5.73 Å². The number of amides is 1. The Morgan fingerprint density at radius 3 is 2.54 bits per heavy atom. The van der Waals surface area contributed by atoms with Crippen LogP contribution in [-0.2, 0) is 11.3 Å². The van der Waals surface area contributed by atoms with Crippen LogP contribution in [0.15, 0.2) is 24.3 Å². The molecule has 0 radical (unpaired) electrons. The van der Waals surface area contributed by atoms with Gasteiger partial charge in [0.1, 0.15) is 0 Å². The predicted octanol–water partition coefficient (Wildman–Crippen LogP) is 3.27. The van der Waals surface area contributed by atoms with E-state index in [4.69, 9.17) is 5.73 Å². The Balaban J connectivity index is 1.38. The van der Waals surface area contributed by atoms with Crippen molar-refractivity contribution in [1.82, 2.24) is 9.80 Å². The molecule has 0 aromatic heterocycles. The van der Waals surface area contributed by atoms with Crippen molar-refractivity contribution in [2.24, 2.45) is 5.92 Å². The second-order valence-electron chi connectivity index (χ2n) is 7.44. The number of hydrogen-bond acceptors (Lipinski definition) is 3. The van der Waals surface area contributed by atoms with E-state index >= 15 is 0 Å². The van der Waals surface area contributed by atoms with Crippen molar-refractivity contribution in [3.05, 3.63) is 29.8 Å². The van der Waals surface area contributed by atoms with Gasteiger partial charge in [0, 0.05) is 44.8 Å². The molecule has 1 saturated carbocycles. The largest absolute Gasteiger partial charge is 0.399 e. The summed E-state index contributed by atoms with van der Waals surface area (Å²) >= 11 is 0. The number of benzene rings is 1. The quantitative estimate of drug-likeness (QED) is 0.844. The molecule has 1 aromatic carbocycles. The SMILES string of the molecule is Nc1cccc(CN2CCN(C(=O)CCC3CCCCC3)CC2)c1. The van der Waals surface area contributed by atoms with Gasteiger partial charge in [0.05, 0.1) is 0 Å². The van der Waals surface area contributed by atoms with Crippen LogP contribution in [0.1, 0.15) is 50.5 Å². The molecule has 2 fully saturated rings. The third-order valence-corrected chi connectivity index (χ3v) is 5.57. The molecule has 1 aliphatic carbocycles. The lowest BCUT2D eigenvalue weighted by molar-refractivity contribution is -0.133. The molecule has 132 valence electrons. The lowest BCUT2D eigenvalue weighted by Gasteiger charge is -2.35. The lowest BCUT2D eigenvalue weighted by atomic mass is 9.86. The summed E-state index contributed by atoms with van der Waals surface area (Å²) in [7, 11) is 0. The molecule has 4 heteroatoms. The van der Waals surface area contributed by atoms with Crippen LogP contribution in [0.5, 0.6) is 0 Å². The second kappa shape index (κ2) is 8.52. The fourth-order valence-corrected chi connectivity index (χ4v) is 4.07. The van der Waals surface area contributed by atoms with E-state index in [1.165, 1.54) is 37.7 Å². The number of hydrogen-bond donors (Lipinski definition) is 1. The van der Waals surface area contributed by atoms with Gasteiger partial charge in [-0.05, 0) is 30.0 Å². The molecule has 4 nitrogen and oxygen atoms in total. The molecule has 1 heterocycles. The summed E-state index contributed by atoms with van der Waals surface area (Å²) in [4.78, 5) is 16.9. The molecular weight excluding hydrogens is 298 g/mol. The standard InChI is InChI=1S/C20H31N3O/c21-19-8-4-7-18(15-19)16-22-11-13-23(14-12-22)20(24)10-9-17-5-2-1-3-6-17/h4,7-8,15,17H,1-3,5-6,9-14,16,21H2. The molecule has 0 bridgehead atoms. The molecule has 1 amide bonds. The Morgan fingerprint density at radius 1 is 1.08 bits per heavy atom. The summed E-state index contributed by atoms with van der Waals surface area (Å²) in [5.41, 5.74) is 7.93. The zero-order valence-electron chi connectivity index (χ0n) is 14.8. The summed E-state index contributed by atoms with van der Waals surface area (Å²) in [6, 6.07) is 8.10. The number of nitrogen functional groups attached to an aromatic ring is 1. The molecular formula is C20H31N3O. The first-order valence-corrected chi connectivity index (χ1v) is 9.55. The Bertz CT molecular complexity index is 531. The van der Waals surface area contributed by atoms with Crippen molar-refractivity contribution in [2.75, 3.05) is 31.9 Å². The fourth-order valence-electron chi connectivity index (χ4n) is 4.07. The molecule has 3 rings (SSSR count). The second-order valence-corrected chi connectivity index (χ2v) is 7.44. The average molecular weight is 329 g/mol. The highest BCUT2D eigenvalue weighted by atomic mass is 16.2. The maximum Gasteiger partial charge on any atom is 0.222 e. The maximum absolute atomic E-state index is 12.4. The van der Waals surface area contributed by atoms with E-state index in [2.05, 4.69) is 15.9 Å². The minimum Gasteiger partial charge on any atom is -0.399 e. The smallest absolute Gasteiger partial charge is 0.222 e. The van der Waals surface area contributed by atoms with Crippen LogP contribution in [0.3, 0.4) is 0 Å². The summed E-state index contributed by atoms with van der Waals surface area (Å²) in [5, 5.41) is 0. The van der Waals surface area contributed by atoms with E-state index in [9.17, 15) is 4.79 Å². The molecule has 1 aliphatic heterocycles. The van der Waals surface area contributed by atoms with Gasteiger partial charge < -0.3 is 10.6 Å². The van der Waals surface area contributed by atoms with Gasteiger partial charge in [-0.3, -0.25) is 9.69 Å². The highest BCUT2D eigenvalue weighted by Crippen LogP contribution is 2.27. The molecule has 0 atom stereocenters. The van der Waals surface area contributed by atoms with Gasteiger partial charge in [0.15, 0.2) is 0 Å². The van der Waals surface area contributed by atoms with Crippen molar-refractivity contribution < 1.29 is 4.79 Å². The normalized spacial score (nSPS) is 20.2. The Kier molecular flexibility index (Phi) is 6.13. The number of piperazine rings is 1. The van der Waals surface area contributed by atoms with Gasteiger partial charge in [-0.1, -0.05) is 44.2 Å². The van der Waals surface area contributed by atoms with Gasteiger partial charge in [-0.15, -0.1) is 0 Å². The van der Waals surface area contributed by atoms with E-state index in [0.29, 0.717) is 5.91 Å². The summed E-state index contributed by atoms with van der Waals surface area (Å²) < 4.78 is 0. The van der Waals surface area contributed by atoms with E-state index in [-0.39, 0.29) is 0 Å². The zero-order chi connectivity index (χ0) is 16.8. The number of rotatable bonds is 5. The van der Waals surface area contributed by atoms with E-state index in [1.807, 2.05) is 18.2 Å². The molecule has 2 N–H and O–H groups in total. The predicted molar refractivity (Wildman–Crippen MR) is 98.5 cm³/mol. The fraction of sp³-hybridized carbons (Fsp3) is 0.650. The van der Waals surface area contributed by atoms with Gasteiger partial charge in [0.25, 0.3) is 0 Å².